The van der Waals surface area contributed by atoms with Crippen LogP contribution >= 0.6 is 11.8 Å². The highest BCUT2D eigenvalue weighted by atomic mass is 32.2. The summed E-state index contributed by atoms with van der Waals surface area (Å²) < 4.78 is 0.205. The fraction of sp³-hybridized carbons (Fsp3) is 0.941. The molecule has 2 atom stereocenters. The molecule has 2 aliphatic rings. The summed E-state index contributed by atoms with van der Waals surface area (Å²) in [6.07, 6.45) is 10.1. The molecular weight excluding hydrogens is 280 g/mol. The van der Waals surface area contributed by atoms with Gasteiger partial charge in [0, 0.05) is 23.3 Å². The van der Waals surface area contributed by atoms with Crippen LogP contribution in [0.15, 0.2) is 0 Å². The van der Waals surface area contributed by atoms with Gasteiger partial charge in [-0.05, 0) is 56.6 Å². The SMILES string of the molecule is CCC(CC)(CNC(=O)C1CC2CCCC(C1)C2N)SC. The Bertz CT molecular complexity index is 334. The molecule has 122 valence electrons. The van der Waals surface area contributed by atoms with Crippen LogP contribution in [0.1, 0.15) is 58.8 Å². The van der Waals surface area contributed by atoms with Crippen LogP contribution in [-0.4, -0.2) is 29.5 Å². The summed E-state index contributed by atoms with van der Waals surface area (Å²) in [6.45, 7) is 5.24. The molecule has 4 heteroatoms. The molecule has 0 aromatic heterocycles. The van der Waals surface area contributed by atoms with Gasteiger partial charge in [0.05, 0.1) is 0 Å². The van der Waals surface area contributed by atoms with E-state index in [9.17, 15) is 4.79 Å². The van der Waals surface area contributed by atoms with E-state index in [0.29, 0.717) is 17.9 Å². The predicted molar refractivity (Wildman–Crippen MR) is 91.4 cm³/mol. The molecule has 2 unspecified atom stereocenters. The van der Waals surface area contributed by atoms with E-state index in [4.69, 9.17) is 5.73 Å². The molecule has 0 aliphatic heterocycles. The van der Waals surface area contributed by atoms with E-state index in [1.54, 1.807) is 0 Å². The van der Waals surface area contributed by atoms with Gasteiger partial charge in [0.2, 0.25) is 5.91 Å². The summed E-state index contributed by atoms with van der Waals surface area (Å²) in [5.41, 5.74) is 6.32. The van der Waals surface area contributed by atoms with Gasteiger partial charge in [0.25, 0.3) is 0 Å². The van der Waals surface area contributed by atoms with E-state index in [-0.39, 0.29) is 16.6 Å². The van der Waals surface area contributed by atoms with Crippen molar-refractivity contribution in [1.82, 2.24) is 5.32 Å². The van der Waals surface area contributed by atoms with Crippen molar-refractivity contribution in [3.8, 4) is 0 Å². The van der Waals surface area contributed by atoms with Gasteiger partial charge in [-0.1, -0.05) is 20.3 Å². The zero-order valence-electron chi connectivity index (χ0n) is 13.9. The molecule has 2 aliphatic carbocycles. The molecule has 2 bridgehead atoms. The third-order valence-corrected chi connectivity index (χ3v) is 7.68. The number of hydrogen-bond acceptors (Lipinski definition) is 3. The van der Waals surface area contributed by atoms with Gasteiger partial charge in [-0.3, -0.25) is 4.79 Å². The lowest BCUT2D eigenvalue weighted by molar-refractivity contribution is -0.128. The smallest absolute Gasteiger partial charge is 0.223 e. The number of amides is 1. The lowest BCUT2D eigenvalue weighted by atomic mass is 9.65. The van der Waals surface area contributed by atoms with Crippen molar-refractivity contribution in [2.45, 2.75) is 69.6 Å². The van der Waals surface area contributed by atoms with Crippen LogP contribution in [0.2, 0.25) is 0 Å². The second-order valence-electron chi connectivity index (χ2n) is 7.01. The first kappa shape index (κ1) is 17.1. The standard InChI is InChI=1S/C17H32N2OS/c1-4-17(5-2,21-3)11-19-16(20)14-9-12-7-6-8-13(10-14)15(12)18/h12-15H,4-11,18H2,1-3H3,(H,19,20). The molecule has 0 saturated heterocycles. The van der Waals surface area contributed by atoms with E-state index < -0.39 is 0 Å². The summed E-state index contributed by atoms with van der Waals surface area (Å²) >= 11 is 1.89. The maximum atomic E-state index is 12.6. The van der Waals surface area contributed by atoms with Gasteiger partial charge in [-0.25, -0.2) is 0 Å². The van der Waals surface area contributed by atoms with Crippen molar-refractivity contribution in [2.24, 2.45) is 23.5 Å². The Hall–Kier alpha value is -0.220. The molecule has 2 saturated carbocycles. The minimum atomic E-state index is 0.202. The molecule has 0 spiro atoms. The van der Waals surface area contributed by atoms with Crippen LogP contribution in [0, 0.1) is 17.8 Å². The quantitative estimate of drug-likeness (QED) is 0.792. The molecule has 0 heterocycles. The zero-order valence-corrected chi connectivity index (χ0v) is 14.7. The largest absolute Gasteiger partial charge is 0.354 e. The molecule has 2 rings (SSSR count). The lowest BCUT2D eigenvalue weighted by Crippen LogP contribution is -2.50. The van der Waals surface area contributed by atoms with Crippen molar-refractivity contribution >= 4 is 17.7 Å². The Kier molecular flexibility index (Phi) is 6.01. The van der Waals surface area contributed by atoms with Crippen molar-refractivity contribution in [2.75, 3.05) is 12.8 Å². The summed E-state index contributed by atoms with van der Waals surface area (Å²) in [5.74, 6) is 1.64. The molecule has 0 aromatic carbocycles. The molecule has 3 N–H and O–H groups in total. The number of thioether (sulfide) groups is 1. The molecule has 2 fully saturated rings. The van der Waals surface area contributed by atoms with Crippen molar-refractivity contribution in [3.05, 3.63) is 0 Å². The van der Waals surface area contributed by atoms with Crippen LogP contribution < -0.4 is 11.1 Å². The lowest BCUT2D eigenvalue weighted by Gasteiger charge is -2.43. The Morgan fingerprint density at radius 1 is 1.24 bits per heavy atom. The van der Waals surface area contributed by atoms with Crippen molar-refractivity contribution < 1.29 is 4.79 Å². The van der Waals surface area contributed by atoms with Gasteiger partial charge < -0.3 is 11.1 Å². The van der Waals surface area contributed by atoms with Gasteiger partial charge in [-0.15, -0.1) is 0 Å². The van der Waals surface area contributed by atoms with E-state index >= 15 is 0 Å². The highest BCUT2D eigenvalue weighted by Crippen LogP contribution is 2.42. The molecule has 1 amide bonds. The average Bonchev–Trinajstić information content (AvgIpc) is 2.48. The highest BCUT2D eigenvalue weighted by Gasteiger charge is 2.40. The summed E-state index contributed by atoms with van der Waals surface area (Å²) in [4.78, 5) is 12.6. The van der Waals surface area contributed by atoms with Gasteiger partial charge >= 0.3 is 0 Å². The van der Waals surface area contributed by atoms with E-state index in [1.165, 1.54) is 19.3 Å². The molecule has 21 heavy (non-hydrogen) atoms. The molecule has 3 nitrogen and oxygen atoms in total. The zero-order chi connectivity index (χ0) is 15.5. The van der Waals surface area contributed by atoms with Crippen LogP contribution in [0.5, 0.6) is 0 Å². The predicted octanol–water partition coefficient (Wildman–Crippen LogP) is 3.18. The number of fused-ring (bicyclic) bond motifs is 2. The van der Waals surface area contributed by atoms with Crippen molar-refractivity contribution in [3.63, 3.8) is 0 Å². The number of hydrogen-bond donors (Lipinski definition) is 2. The van der Waals surface area contributed by atoms with Crippen LogP contribution in [-0.2, 0) is 4.79 Å². The number of carbonyl (C=O) groups excluding carboxylic acids is 1. The topological polar surface area (TPSA) is 55.1 Å². The minimum absolute atomic E-state index is 0.202. The Morgan fingerprint density at radius 2 is 1.81 bits per heavy atom. The van der Waals surface area contributed by atoms with Crippen LogP contribution in [0.25, 0.3) is 0 Å². The Labute approximate surface area is 134 Å². The van der Waals surface area contributed by atoms with E-state index in [2.05, 4.69) is 25.4 Å². The average molecular weight is 313 g/mol. The normalized spacial score (nSPS) is 32.8. The molecule has 0 aromatic rings. The maximum absolute atomic E-state index is 12.6. The van der Waals surface area contributed by atoms with Gasteiger partial charge in [-0.2, -0.15) is 11.8 Å². The first-order valence-corrected chi connectivity index (χ1v) is 9.86. The highest BCUT2D eigenvalue weighted by molar-refractivity contribution is 8.00. The summed E-state index contributed by atoms with van der Waals surface area (Å²) in [5, 5.41) is 3.25. The Morgan fingerprint density at radius 3 is 2.29 bits per heavy atom. The first-order chi connectivity index (χ1) is 10.0. The van der Waals surface area contributed by atoms with Gasteiger partial charge in [0.15, 0.2) is 0 Å². The Balaban J connectivity index is 1.89. The van der Waals surface area contributed by atoms with E-state index in [1.807, 2.05) is 11.8 Å². The first-order valence-electron chi connectivity index (χ1n) is 8.63. The third-order valence-electron chi connectivity index (χ3n) is 6.09. The molecule has 0 radical (unpaired) electrons. The fourth-order valence-corrected chi connectivity index (χ4v) is 5.05. The van der Waals surface area contributed by atoms with Gasteiger partial charge in [0.1, 0.15) is 0 Å². The second-order valence-corrected chi connectivity index (χ2v) is 8.28. The number of nitrogens with one attached hydrogen (secondary N) is 1. The third kappa shape index (κ3) is 3.76. The number of nitrogens with two attached hydrogens (primary N) is 1. The van der Waals surface area contributed by atoms with Crippen LogP contribution in [0.3, 0.4) is 0 Å². The second kappa shape index (κ2) is 7.36. The monoisotopic (exact) mass is 312 g/mol. The van der Waals surface area contributed by atoms with E-state index in [0.717, 1.165) is 32.2 Å². The summed E-state index contributed by atoms with van der Waals surface area (Å²) in [7, 11) is 0. The molecular formula is C17H32N2OS. The minimum Gasteiger partial charge on any atom is -0.354 e. The number of carbonyl (C=O) groups is 1. The summed E-state index contributed by atoms with van der Waals surface area (Å²) in [6, 6.07) is 0.347. The van der Waals surface area contributed by atoms with Crippen molar-refractivity contribution in [1.29, 1.82) is 0 Å². The fourth-order valence-electron chi connectivity index (χ4n) is 4.26. The number of rotatable bonds is 6. The van der Waals surface area contributed by atoms with Crippen LogP contribution in [0.4, 0.5) is 0 Å². The maximum Gasteiger partial charge on any atom is 0.223 e.